The molecule has 0 spiro atoms. The van der Waals surface area contributed by atoms with Gasteiger partial charge in [0.15, 0.2) is 0 Å². The molecular weight excluding hydrogens is 516 g/mol. The number of nitrogens with zero attached hydrogens (tertiary/aromatic N) is 4. The van der Waals surface area contributed by atoms with Gasteiger partial charge in [0.05, 0.1) is 24.0 Å². The molecule has 0 amide bonds. The number of methoxy groups -OCH3 is 1. The molecule has 0 aliphatic rings. The number of hydrogen-bond acceptors (Lipinski definition) is 12. The van der Waals surface area contributed by atoms with E-state index in [2.05, 4.69) is 25.2 Å². The number of ether oxygens (including phenoxy) is 1. The van der Waals surface area contributed by atoms with Crippen molar-refractivity contribution in [1.29, 1.82) is 0 Å². The number of anilines is 2. The van der Waals surface area contributed by atoms with Crippen LogP contribution in [0.1, 0.15) is 10.4 Å². The van der Waals surface area contributed by atoms with Gasteiger partial charge < -0.3 is 16.2 Å². The molecule has 3 rings (SSSR count). The largest absolute Gasteiger partial charge is 0.465 e. The maximum absolute atomic E-state index is 11.9. The van der Waals surface area contributed by atoms with E-state index < -0.39 is 47.4 Å². The number of azo groups is 2. The highest BCUT2D eigenvalue weighted by atomic mass is 32.2. The third-order valence-electron chi connectivity index (χ3n) is 4.57. The normalized spacial score (nSPS) is 12.3. The van der Waals surface area contributed by atoms with E-state index in [0.29, 0.717) is 0 Å². The Labute approximate surface area is 204 Å². The molecule has 0 saturated carbocycles. The summed E-state index contributed by atoms with van der Waals surface area (Å²) < 4.78 is 70.6. The molecule has 16 heteroatoms. The summed E-state index contributed by atoms with van der Waals surface area (Å²) in [6, 6.07) is 11.8. The van der Waals surface area contributed by atoms with Crippen LogP contribution in [0.4, 0.5) is 34.1 Å². The van der Waals surface area contributed by atoms with Crippen molar-refractivity contribution >= 4 is 60.3 Å². The molecule has 0 heterocycles. The Morgan fingerprint density at radius 2 is 1.28 bits per heavy atom. The van der Waals surface area contributed by atoms with Crippen LogP contribution < -0.4 is 11.5 Å². The van der Waals surface area contributed by atoms with E-state index in [1.165, 1.54) is 37.4 Å². The first kappa shape index (κ1) is 26.4. The Kier molecular flexibility index (Phi) is 7.44. The topological polar surface area (TPSA) is 237 Å². The maximum Gasteiger partial charge on any atom is 0.340 e. The summed E-state index contributed by atoms with van der Waals surface area (Å²) in [5, 5.41) is 15.2. The molecular formula is C20H18N6O8S2. The highest BCUT2D eigenvalue weighted by Crippen LogP contribution is 2.43. The molecule has 188 valence electrons. The number of carbonyl (C=O) groups excluding carboxylic acids is 1. The number of carbonyl (C=O) groups is 1. The lowest BCUT2D eigenvalue weighted by atomic mass is 10.2. The molecule has 0 fully saturated rings. The van der Waals surface area contributed by atoms with Crippen LogP contribution in [-0.2, 0) is 25.0 Å². The first-order chi connectivity index (χ1) is 16.8. The number of nitrogens with two attached hydrogens (primary N) is 2. The van der Waals surface area contributed by atoms with Gasteiger partial charge in [0, 0.05) is 0 Å². The molecule has 0 aliphatic heterocycles. The van der Waals surface area contributed by atoms with Crippen LogP contribution in [0.2, 0.25) is 0 Å². The lowest BCUT2D eigenvalue weighted by Crippen LogP contribution is -2.05. The second-order valence-corrected chi connectivity index (χ2v) is 9.68. The highest BCUT2D eigenvalue weighted by Gasteiger charge is 2.23. The molecule has 0 bridgehead atoms. The molecule has 3 aromatic carbocycles. The van der Waals surface area contributed by atoms with Gasteiger partial charge >= 0.3 is 5.97 Å². The minimum atomic E-state index is -4.91. The predicted octanol–water partition coefficient (Wildman–Crippen LogP) is 3.96. The zero-order valence-corrected chi connectivity index (χ0v) is 19.9. The standard InChI is InChI=1S/C20H18N6O8S2/c1-34-20(27)11-6-2-3-7-12(11)23-25-14-10-16(36(31,32)33)18(22)19(17(14)21)26-24-13-8-4-5-9-15(13)35(28,29)30/h2-10H,21-22H2,1H3,(H,28,29,30)(H,31,32,33)/b25-23+,26-24+. The Bertz CT molecular complexity index is 1620. The van der Waals surface area contributed by atoms with Gasteiger partial charge in [-0.25, -0.2) is 4.79 Å². The Balaban J connectivity index is 2.19. The van der Waals surface area contributed by atoms with Gasteiger partial charge in [0.2, 0.25) is 0 Å². The minimum Gasteiger partial charge on any atom is -0.465 e. The van der Waals surface area contributed by atoms with Crippen LogP contribution in [0, 0.1) is 0 Å². The zero-order chi connectivity index (χ0) is 26.7. The summed E-state index contributed by atoms with van der Waals surface area (Å²) in [5.41, 5.74) is 9.92. The van der Waals surface area contributed by atoms with Gasteiger partial charge in [-0.05, 0) is 30.3 Å². The second kappa shape index (κ2) is 10.2. The van der Waals surface area contributed by atoms with Crippen LogP contribution in [0.3, 0.4) is 0 Å². The number of rotatable bonds is 7. The van der Waals surface area contributed by atoms with Crippen LogP contribution in [-0.4, -0.2) is 39.0 Å². The fourth-order valence-corrected chi connectivity index (χ4v) is 4.14. The smallest absolute Gasteiger partial charge is 0.340 e. The first-order valence-electron chi connectivity index (χ1n) is 9.61. The van der Waals surface area contributed by atoms with Crippen molar-refractivity contribution in [2.24, 2.45) is 20.5 Å². The van der Waals surface area contributed by atoms with E-state index in [-0.39, 0.29) is 28.3 Å². The fraction of sp³-hybridized carbons (Fsp3) is 0.0500. The van der Waals surface area contributed by atoms with Gasteiger partial charge in [-0.3, -0.25) is 9.11 Å². The number of esters is 1. The van der Waals surface area contributed by atoms with Crippen molar-refractivity contribution in [2.75, 3.05) is 18.6 Å². The number of hydrogen-bond donors (Lipinski definition) is 4. The Morgan fingerprint density at radius 1 is 0.750 bits per heavy atom. The van der Waals surface area contributed by atoms with E-state index >= 15 is 0 Å². The summed E-state index contributed by atoms with van der Waals surface area (Å²) in [5.74, 6) is -0.708. The first-order valence-corrected chi connectivity index (χ1v) is 12.5. The highest BCUT2D eigenvalue weighted by molar-refractivity contribution is 7.86. The molecule has 3 aromatic rings. The van der Waals surface area contributed by atoms with Crippen molar-refractivity contribution < 1.29 is 35.5 Å². The summed E-state index contributed by atoms with van der Waals surface area (Å²) in [7, 11) is -8.42. The molecule has 0 saturated heterocycles. The number of nitrogen functional groups attached to an aromatic ring is 2. The van der Waals surface area contributed by atoms with Gasteiger partial charge in [0.25, 0.3) is 20.2 Å². The summed E-state index contributed by atoms with van der Waals surface area (Å²) in [4.78, 5) is 10.5. The third kappa shape index (κ3) is 5.69. The molecule has 0 aliphatic carbocycles. The van der Waals surface area contributed by atoms with Gasteiger partial charge in [0.1, 0.15) is 32.5 Å². The molecule has 0 aromatic heterocycles. The van der Waals surface area contributed by atoms with E-state index in [9.17, 15) is 30.7 Å². The molecule has 0 unspecified atom stereocenters. The van der Waals surface area contributed by atoms with Crippen LogP contribution in [0.5, 0.6) is 0 Å². The van der Waals surface area contributed by atoms with Gasteiger partial charge in [-0.2, -0.15) is 16.8 Å². The van der Waals surface area contributed by atoms with Crippen molar-refractivity contribution in [3.8, 4) is 0 Å². The quantitative estimate of drug-likeness (QED) is 0.147. The molecule has 36 heavy (non-hydrogen) atoms. The van der Waals surface area contributed by atoms with Crippen LogP contribution in [0.15, 0.2) is 84.8 Å². The number of benzene rings is 3. The van der Waals surface area contributed by atoms with E-state index in [1.54, 1.807) is 12.1 Å². The summed E-state index contributed by atoms with van der Waals surface area (Å²) in [6.07, 6.45) is 0. The van der Waals surface area contributed by atoms with Gasteiger partial charge in [-0.15, -0.1) is 20.5 Å². The fourth-order valence-electron chi connectivity index (χ4n) is 2.88. The summed E-state index contributed by atoms with van der Waals surface area (Å²) in [6.45, 7) is 0. The van der Waals surface area contributed by atoms with Gasteiger partial charge in [-0.1, -0.05) is 24.3 Å². The maximum atomic E-state index is 11.9. The molecule has 14 nitrogen and oxygen atoms in total. The van der Waals surface area contributed by atoms with E-state index in [0.717, 1.165) is 12.1 Å². The lowest BCUT2D eigenvalue weighted by molar-refractivity contribution is 0.0601. The van der Waals surface area contributed by atoms with Crippen LogP contribution >= 0.6 is 0 Å². The molecule has 6 N–H and O–H groups in total. The Hall–Kier alpha value is -4.25. The van der Waals surface area contributed by atoms with E-state index in [1.807, 2.05) is 0 Å². The van der Waals surface area contributed by atoms with Crippen molar-refractivity contribution in [3.05, 3.63) is 60.2 Å². The average Bonchev–Trinajstić information content (AvgIpc) is 2.82. The van der Waals surface area contributed by atoms with Crippen LogP contribution in [0.25, 0.3) is 0 Å². The predicted molar refractivity (Wildman–Crippen MR) is 127 cm³/mol. The van der Waals surface area contributed by atoms with Crippen molar-refractivity contribution in [2.45, 2.75) is 9.79 Å². The minimum absolute atomic E-state index is 0.0505. The van der Waals surface area contributed by atoms with Crippen molar-refractivity contribution in [1.82, 2.24) is 0 Å². The van der Waals surface area contributed by atoms with Crippen molar-refractivity contribution in [3.63, 3.8) is 0 Å². The third-order valence-corrected chi connectivity index (χ3v) is 6.37. The SMILES string of the molecule is COC(=O)c1ccccc1/N=N/c1cc(S(=O)(=O)O)c(N)c(/N=N/c2ccccc2S(=O)(=O)O)c1N. The zero-order valence-electron chi connectivity index (χ0n) is 18.3. The lowest BCUT2D eigenvalue weighted by Gasteiger charge is -2.11. The Morgan fingerprint density at radius 3 is 1.89 bits per heavy atom. The molecule has 0 atom stereocenters. The second-order valence-electron chi connectivity index (χ2n) is 6.90. The monoisotopic (exact) mass is 534 g/mol. The molecule has 0 radical (unpaired) electrons. The summed E-state index contributed by atoms with van der Waals surface area (Å²) >= 11 is 0. The van der Waals surface area contributed by atoms with E-state index in [4.69, 9.17) is 11.5 Å². The average molecular weight is 535 g/mol.